The highest BCUT2D eigenvalue weighted by Crippen LogP contribution is 2.33. The monoisotopic (exact) mass is 396 g/mol. The van der Waals surface area contributed by atoms with Crippen molar-refractivity contribution in [3.63, 3.8) is 0 Å². The summed E-state index contributed by atoms with van der Waals surface area (Å²) in [4.78, 5) is 26.1. The third-order valence-corrected chi connectivity index (χ3v) is 4.64. The summed E-state index contributed by atoms with van der Waals surface area (Å²) in [5.74, 6) is -0.734. The Morgan fingerprint density at radius 2 is 1.86 bits per heavy atom. The molecule has 2 N–H and O–H groups in total. The zero-order valence-corrected chi connectivity index (χ0v) is 15.5. The van der Waals surface area contributed by atoms with Gasteiger partial charge in [0, 0.05) is 11.8 Å². The van der Waals surface area contributed by atoms with Crippen LogP contribution in [0.1, 0.15) is 21.7 Å². The molecule has 1 saturated heterocycles. The van der Waals surface area contributed by atoms with Crippen molar-refractivity contribution in [2.45, 2.75) is 13.1 Å². The molecule has 0 aliphatic carbocycles. The lowest BCUT2D eigenvalue weighted by atomic mass is 10.1. The molecule has 28 heavy (non-hydrogen) atoms. The van der Waals surface area contributed by atoms with Crippen molar-refractivity contribution in [2.75, 3.05) is 33.2 Å². The van der Waals surface area contributed by atoms with Crippen molar-refractivity contribution < 1.29 is 22.9 Å². The molecule has 3 rings (SSSR count). The maximum atomic E-state index is 13.4. The summed E-state index contributed by atoms with van der Waals surface area (Å²) < 4.78 is 41.0. The first-order chi connectivity index (χ1) is 13.2. The van der Waals surface area contributed by atoms with Gasteiger partial charge in [0.15, 0.2) is 5.69 Å². The number of quaternary nitrogens is 1. The average molecular weight is 396 g/mol. The number of carbonyl (C=O) groups excluding carboxylic acids is 1. The van der Waals surface area contributed by atoms with Gasteiger partial charge in [-0.3, -0.25) is 15.0 Å². The standard InChI is InChI=1S/C18H20F3N5O2/c1-12-11-15(27)16(17(28)23-25-9-7-24(2)8-10-25)22-26(12)14-6-4-3-5-13(14)18(19,20)21/h3-6,11H,7-10H2,1-2H3,(H,23,28)/p+1. The van der Waals surface area contributed by atoms with Crippen LogP contribution in [0.4, 0.5) is 13.2 Å². The molecule has 0 atom stereocenters. The summed E-state index contributed by atoms with van der Waals surface area (Å²) >= 11 is 0. The molecule has 150 valence electrons. The van der Waals surface area contributed by atoms with Gasteiger partial charge in [-0.05, 0) is 19.1 Å². The molecule has 1 aliphatic rings. The molecule has 1 fully saturated rings. The topological polar surface area (TPSA) is 71.7 Å². The number of halogens is 3. The number of nitrogens with one attached hydrogen (secondary N) is 2. The summed E-state index contributed by atoms with van der Waals surface area (Å²) in [5, 5.41) is 5.64. The summed E-state index contributed by atoms with van der Waals surface area (Å²) in [5.41, 5.74) is 0.579. The molecular formula is C18H21F3N5O2+. The van der Waals surface area contributed by atoms with E-state index in [0.29, 0.717) is 13.1 Å². The lowest BCUT2D eigenvalue weighted by Crippen LogP contribution is -3.12. The van der Waals surface area contributed by atoms with Crippen LogP contribution in [0.15, 0.2) is 35.1 Å². The third kappa shape index (κ3) is 4.23. The first-order valence-electron chi connectivity index (χ1n) is 8.81. The van der Waals surface area contributed by atoms with Gasteiger partial charge in [0.1, 0.15) is 0 Å². The van der Waals surface area contributed by atoms with Crippen LogP contribution in [0.5, 0.6) is 0 Å². The van der Waals surface area contributed by atoms with Gasteiger partial charge in [-0.15, -0.1) is 0 Å². The van der Waals surface area contributed by atoms with E-state index in [1.165, 1.54) is 30.0 Å². The van der Waals surface area contributed by atoms with Crippen molar-refractivity contribution >= 4 is 5.91 Å². The maximum absolute atomic E-state index is 13.4. The second kappa shape index (κ2) is 7.72. The maximum Gasteiger partial charge on any atom is 0.418 e. The first kappa shape index (κ1) is 20.0. The zero-order valence-electron chi connectivity index (χ0n) is 15.5. The number of rotatable bonds is 3. The van der Waals surface area contributed by atoms with Crippen molar-refractivity contribution in [2.24, 2.45) is 0 Å². The summed E-state index contributed by atoms with van der Waals surface area (Å²) in [7, 11) is 2.04. The minimum Gasteiger partial charge on any atom is -0.335 e. The quantitative estimate of drug-likeness (QED) is 0.769. The highest BCUT2D eigenvalue weighted by Gasteiger charge is 2.34. The van der Waals surface area contributed by atoms with E-state index in [4.69, 9.17) is 0 Å². The van der Waals surface area contributed by atoms with Gasteiger partial charge in [-0.1, -0.05) is 12.1 Å². The number of carbonyl (C=O) groups is 1. The zero-order chi connectivity index (χ0) is 20.5. The van der Waals surface area contributed by atoms with Crippen LogP contribution in [0.2, 0.25) is 0 Å². The number of aryl methyl sites for hydroxylation is 1. The molecule has 2 heterocycles. The van der Waals surface area contributed by atoms with Gasteiger partial charge in [0.05, 0.1) is 44.5 Å². The number of amides is 1. The van der Waals surface area contributed by atoms with Crippen LogP contribution in [0.25, 0.3) is 5.69 Å². The summed E-state index contributed by atoms with van der Waals surface area (Å²) in [6.07, 6.45) is -4.60. The van der Waals surface area contributed by atoms with Crippen LogP contribution in [0.3, 0.4) is 0 Å². The van der Waals surface area contributed by atoms with Gasteiger partial charge in [-0.2, -0.15) is 18.3 Å². The SMILES string of the molecule is Cc1cc(=O)c(C(=O)NN2CC[NH+](C)CC2)nn1-c1ccccc1C(F)(F)F. The Labute approximate surface area is 159 Å². The molecule has 0 radical (unpaired) electrons. The van der Waals surface area contributed by atoms with Gasteiger partial charge < -0.3 is 4.90 Å². The number of nitrogens with zero attached hydrogens (tertiary/aromatic N) is 3. The fourth-order valence-electron chi connectivity index (χ4n) is 3.04. The molecule has 0 saturated carbocycles. The Morgan fingerprint density at radius 1 is 1.21 bits per heavy atom. The lowest BCUT2D eigenvalue weighted by Gasteiger charge is -2.29. The van der Waals surface area contributed by atoms with Crippen LogP contribution >= 0.6 is 0 Å². The van der Waals surface area contributed by atoms with Gasteiger partial charge >= 0.3 is 6.18 Å². The second-order valence-corrected chi connectivity index (χ2v) is 6.81. The molecule has 7 nitrogen and oxygen atoms in total. The van der Waals surface area contributed by atoms with Crippen LogP contribution in [-0.4, -0.2) is 53.9 Å². The Bertz CT molecular complexity index is 934. The van der Waals surface area contributed by atoms with Gasteiger partial charge in [-0.25, -0.2) is 9.69 Å². The van der Waals surface area contributed by atoms with E-state index < -0.39 is 28.8 Å². The van der Waals surface area contributed by atoms with E-state index in [2.05, 4.69) is 10.5 Å². The van der Waals surface area contributed by atoms with Crippen molar-refractivity contribution in [1.82, 2.24) is 20.2 Å². The molecule has 2 aromatic rings. The van der Waals surface area contributed by atoms with E-state index in [1.807, 2.05) is 7.05 Å². The molecule has 0 spiro atoms. The molecule has 1 aliphatic heterocycles. The van der Waals surface area contributed by atoms with E-state index in [0.717, 1.165) is 29.9 Å². The number of alkyl halides is 3. The summed E-state index contributed by atoms with van der Waals surface area (Å²) in [6.45, 7) is 4.32. The van der Waals surface area contributed by atoms with Crippen molar-refractivity contribution in [3.8, 4) is 5.69 Å². The molecule has 0 unspecified atom stereocenters. The number of hydrogen-bond donors (Lipinski definition) is 2. The molecule has 0 bridgehead atoms. The average Bonchev–Trinajstić information content (AvgIpc) is 2.63. The Kier molecular flexibility index (Phi) is 5.52. The molecule has 1 aromatic heterocycles. The molecule has 1 amide bonds. The van der Waals surface area contributed by atoms with E-state index in [1.54, 1.807) is 5.01 Å². The van der Waals surface area contributed by atoms with E-state index in [-0.39, 0.29) is 11.4 Å². The fourth-order valence-corrected chi connectivity index (χ4v) is 3.04. The Hall–Kier alpha value is -2.72. The number of benzene rings is 1. The lowest BCUT2D eigenvalue weighted by molar-refractivity contribution is -0.884. The van der Waals surface area contributed by atoms with E-state index in [9.17, 15) is 22.8 Å². The second-order valence-electron chi connectivity index (χ2n) is 6.81. The molecule has 1 aromatic carbocycles. The van der Waals surface area contributed by atoms with Crippen LogP contribution in [0, 0.1) is 6.92 Å². The van der Waals surface area contributed by atoms with Crippen LogP contribution < -0.4 is 15.8 Å². The minimum atomic E-state index is -4.60. The van der Waals surface area contributed by atoms with Gasteiger partial charge in [0.25, 0.3) is 5.91 Å². The van der Waals surface area contributed by atoms with Gasteiger partial charge in [0.2, 0.25) is 5.43 Å². The number of aromatic nitrogens is 2. The van der Waals surface area contributed by atoms with Crippen molar-refractivity contribution in [1.29, 1.82) is 0 Å². The fraction of sp³-hybridized carbons (Fsp3) is 0.389. The number of hydrazine groups is 1. The van der Waals surface area contributed by atoms with Crippen molar-refractivity contribution in [3.05, 3.63) is 57.5 Å². The molecular weight excluding hydrogens is 375 g/mol. The highest BCUT2D eigenvalue weighted by molar-refractivity contribution is 5.91. The largest absolute Gasteiger partial charge is 0.418 e. The first-order valence-corrected chi connectivity index (χ1v) is 8.81. The molecule has 10 heteroatoms. The normalized spacial score (nSPS) is 16.2. The Morgan fingerprint density at radius 3 is 2.50 bits per heavy atom. The Balaban J connectivity index is 1.96. The predicted molar refractivity (Wildman–Crippen MR) is 95.2 cm³/mol. The highest BCUT2D eigenvalue weighted by atomic mass is 19.4. The third-order valence-electron chi connectivity index (χ3n) is 4.64. The number of para-hydroxylation sites is 1. The number of likely N-dealkylation sites (N-methyl/N-ethyl adjacent to an activating group) is 1. The smallest absolute Gasteiger partial charge is 0.335 e. The predicted octanol–water partition coefficient (Wildman–Crippen LogP) is 0.0348. The van der Waals surface area contributed by atoms with E-state index >= 15 is 0 Å². The van der Waals surface area contributed by atoms with Crippen LogP contribution in [-0.2, 0) is 6.18 Å². The number of hydrogen-bond acceptors (Lipinski definition) is 4. The summed E-state index contributed by atoms with van der Waals surface area (Å²) in [6, 6.07) is 6.01. The number of piperazine rings is 1. The minimum absolute atomic E-state index is 0.196.